The molecule has 0 bridgehead atoms. The standard InChI is InChI=1S/C9H8N4O2/c10-6-3-1-5(2-4-6)7-8(14)11-9(15)13-12-7/h1-4H,10H2,(H2,11,13,14,15). The maximum absolute atomic E-state index is 11.4. The SMILES string of the molecule is Nc1ccc(-c2n[nH]c(=O)[nH]c2=O)cc1. The number of nitrogen functional groups attached to an aromatic ring is 1. The van der Waals surface area contributed by atoms with E-state index in [2.05, 4.69) is 15.2 Å². The predicted octanol–water partition coefficient (Wildman–Crippen LogP) is -0.293. The zero-order valence-corrected chi connectivity index (χ0v) is 7.65. The molecule has 0 unspecified atom stereocenters. The van der Waals surface area contributed by atoms with Gasteiger partial charge in [-0.15, -0.1) is 0 Å². The summed E-state index contributed by atoms with van der Waals surface area (Å²) in [5, 5.41) is 5.82. The maximum atomic E-state index is 11.4. The number of anilines is 1. The van der Waals surface area contributed by atoms with Crippen molar-refractivity contribution >= 4 is 5.69 Å². The van der Waals surface area contributed by atoms with E-state index in [1.54, 1.807) is 24.3 Å². The topological polar surface area (TPSA) is 105 Å². The van der Waals surface area contributed by atoms with E-state index in [1.165, 1.54) is 0 Å². The van der Waals surface area contributed by atoms with Gasteiger partial charge < -0.3 is 5.73 Å². The summed E-state index contributed by atoms with van der Waals surface area (Å²) in [6, 6.07) is 6.62. The lowest BCUT2D eigenvalue weighted by Crippen LogP contribution is -2.25. The van der Waals surface area contributed by atoms with Crippen LogP contribution in [0.15, 0.2) is 33.9 Å². The average molecular weight is 204 g/mol. The molecule has 0 saturated carbocycles. The van der Waals surface area contributed by atoms with Crippen LogP contribution in [0, 0.1) is 0 Å². The van der Waals surface area contributed by atoms with Gasteiger partial charge in [-0.25, -0.2) is 9.89 Å². The van der Waals surface area contributed by atoms with Gasteiger partial charge in [0.05, 0.1) is 0 Å². The van der Waals surface area contributed by atoms with E-state index in [4.69, 9.17) is 5.73 Å². The van der Waals surface area contributed by atoms with Gasteiger partial charge in [-0.05, 0) is 12.1 Å². The van der Waals surface area contributed by atoms with Crippen LogP contribution in [0.5, 0.6) is 0 Å². The van der Waals surface area contributed by atoms with Gasteiger partial charge >= 0.3 is 5.69 Å². The molecule has 1 heterocycles. The Hall–Kier alpha value is -2.37. The smallest absolute Gasteiger partial charge is 0.342 e. The third-order valence-corrected chi connectivity index (χ3v) is 1.90. The van der Waals surface area contributed by atoms with E-state index in [9.17, 15) is 9.59 Å². The second-order valence-electron chi connectivity index (χ2n) is 2.98. The highest BCUT2D eigenvalue weighted by Crippen LogP contribution is 2.13. The molecule has 0 aliphatic rings. The molecule has 6 heteroatoms. The van der Waals surface area contributed by atoms with Crippen molar-refractivity contribution in [1.29, 1.82) is 0 Å². The lowest BCUT2D eigenvalue weighted by Gasteiger charge is -1.98. The molecule has 76 valence electrons. The Morgan fingerprint density at radius 2 is 1.80 bits per heavy atom. The molecule has 15 heavy (non-hydrogen) atoms. The highest BCUT2D eigenvalue weighted by atomic mass is 16.2. The molecule has 0 spiro atoms. The van der Waals surface area contributed by atoms with Crippen molar-refractivity contribution in [3.05, 3.63) is 45.1 Å². The van der Waals surface area contributed by atoms with E-state index in [0.717, 1.165) is 0 Å². The van der Waals surface area contributed by atoms with Crippen LogP contribution in [0.25, 0.3) is 11.3 Å². The average Bonchev–Trinajstić information content (AvgIpc) is 2.20. The van der Waals surface area contributed by atoms with Crippen LogP contribution in [-0.4, -0.2) is 15.2 Å². The fraction of sp³-hybridized carbons (Fsp3) is 0. The molecule has 2 rings (SSSR count). The summed E-state index contributed by atoms with van der Waals surface area (Å²) in [5.74, 6) is 0. The van der Waals surface area contributed by atoms with E-state index in [1.807, 2.05) is 0 Å². The minimum atomic E-state index is -0.626. The van der Waals surface area contributed by atoms with Crippen LogP contribution < -0.4 is 17.0 Å². The molecule has 0 aliphatic carbocycles. The van der Waals surface area contributed by atoms with Crippen molar-refractivity contribution in [2.75, 3.05) is 5.73 Å². The maximum Gasteiger partial charge on any atom is 0.342 e. The second-order valence-corrected chi connectivity index (χ2v) is 2.98. The normalized spacial score (nSPS) is 10.1. The zero-order valence-electron chi connectivity index (χ0n) is 7.65. The zero-order chi connectivity index (χ0) is 10.8. The quantitative estimate of drug-likeness (QED) is 0.555. The van der Waals surface area contributed by atoms with E-state index >= 15 is 0 Å². The molecule has 4 N–H and O–H groups in total. The van der Waals surface area contributed by atoms with Crippen LogP contribution in [-0.2, 0) is 0 Å². The highest BCUT2D eigenvalue weighted by molar-refractivity contribution is 5.60. The predicted molar refractivity (Wildman–Crippen MR) is 55.3 cm³/mol. The second kappa shape index (κ2) is 3.41. The third kappa shape index (κ3) is 1.78. The molecule has 0 aliphatic heterocycles. The molecule has 0 fully saturated rings. The fourth-order valence-electron chi connectivity index (χ4n) is 1.18. The van der Waals surface area contributed by atoms with Gasteiger partial charge in [-0.3, -0.25) is 9.78 Å². The fourth-order valence-corrected chi connectivity index (χ4v) is 1.18. The minimum Gasteiger partial charge on any atom is -0.399 e. The van der Waals surface area contributed by atoms with Crippen molar-refractivity contribution in [2.45, 2.75) is 0 Å². The number of benzene rings is 1. The molecule has 2 aromatic rings. The summed E-state index contributed by atoms with van der Waals surface area (Å²) in [4.78, 5) is 24.2. The van der Waals surface area contributed by atoms with Gasteiger partial charge in [0.1, 0.15) is 0 Å². The Kier molecular flexibility index (Phi) is 2.09. The minimum absolute atomic E-state index is 0.162. The molecule has 1 aromatic carbocycles. The summed E-state index contributed by atoms with van der Waals surface area (Å²) in [6.07, 6.45) is 0. The Balaban J connectivity index is 2.59. The number of hydrogen-bond acceptors (Lipinski definition) is 4. The molecule has 6 nitrogen and oxygen atoms in total. The first-order chi connectivity index (χ1) is 7.16. The van der Waals surface area contributed by atoms with Crippen molar-refractivity contribution in [3.8, 4) is 11.3 Å². The number of hydrogen-bond donors (Lipinski definition) is 3. The summed E-state index contributed by atoms with van der Waals surface area (Å²) < 4.78 is 0. The Morgan fingerprint density at radius 1 is 1.13 bits per heavy atom. The monoisotopic (exact) mass is 204 g/mol. The molecule has 1 aromatic heterocycles. The number of aromatic amines is 2. The molecular formula is C9H8N4O2. The Labute approximate surface area is 83.8 Å². The third-order valence-electron chi connectivity index (χ3n) is 1.90. The Morgan fingerprint density at radius 3 is 2.40 bits per heavy atom. The summed E-state index contributed by atoms with van der Waals surface area (Å²) >= 11 is 0. The number of nitrogens with one attached hydrogen (secondary N) is 2. The lowest BCUT2D eigenvalue weighted by molar-refractivity contribution is 0.898. The molecule has 0 radical (unpaired) electrons. The Bertz CT molecular complexity index is 582. The van der Waals surface area contributed by atoms with Crippen molar-refractivity contribution in [1.82, 2.24) is 15.2 Å². The van der Waals surface area contributed by atoms with Crippen LogP contribution in [0.4, 0.5) is 5.69 Å². The largest absolute Gasteiger partial charge is 0.399 e. The molecule has 0 atom stereocenters. The van der Waals surface area contributed by atoms with Gasteiger partial charge in [-0.1, -0.05) is 12.1 Å². The molecule has 0 saturated heterocycles. The van der Waals surface area contributed by atoms with Crippen LogP contribution in [0.3, 0.4) is 0 Å². The van der Waals surface area contributed by atoms with E-state index < -0.39 is 11.2 Å². The van der Waals surface area contributed by atoms with Crippen molar-refractivity contribution in [3.63, 3.8) is 0 Å². The lowest BCUT2D eigenvalue weighted by atomic mass is 10.1. The summed E-state index contributed by atoms with van der Waals surface area (Å²) in [6.45, 7) is 0. The summed E-state index contributed by atoms with van der Waals surface area (Å²) in [7, 11) is 0. The van der Waals surface area contributed by atoms with Crippen molar-refractivity contribution in [2.24, 2.45) is 0 Å². The van der Waals surface area contributed by atoms with Gasteiger partial charge in [0.25, 0.3) is 5.56 Å². The van der Waals surface area contributed by atoms with E-state index in [0.29, 0.717) is 11.3 Å². The highest BCUT2D eigenvalue weighted by Gasteiger charge is 2.04. The van der Waals surface area contributed by atoms with Gasteiger partial charge in [0.15, 0.2) is 5.69 Å². The van der Waals surface area contributed by atoms with Crippen LogP contribution in [0.2, 0.25) is 0 Å². The van der Waals surface area contributed by atoms with Crippen LogP contribution in [0.1, 0.15) is 0 Å². The number of aromatic nitrogens is 3. The number of nitrogens with two attached hydrogens (primary N) is 1. The van der Waals surface area contributed by atoms with Crippen molar-refractivity contribution < 1.29 is 0 Å². The molecular weight excluding hydrogens is 196 g/mol. The molecule has 0 amide bonds. The van der Waals surface area contributed by atoms with Gasteiger partial charge in [0, 0.05) is 11.3 Å². The van der Waals surface area contributed by atoms with Gasteiger partial charge in [-0.2, -0.15) is 5.10 Å². The number of H-pyrrole nitrogens is 2. The first-order valence-electron chi connectivity index (χ1n) is 4.22. The first kappa shape index (κ1) is 9.20. The number of rotatable bonds is 1. The van der Waals surface area contributed by atoms with Crippen LogP contribution >= 0.6 is 0 Å². The van der Waals surface area contributed by atoms with Gasteiger partial charge in [0.2, 0.25) is 0 Å². The first-order valence-corrected chi connectivity index (χ1v) is 4.22. The van der Waals surface area contributed by atoms with E-state index in [-0.39, 0.29) is 5.69 Å². The number of nitrogens with zero attached hydrogens (tertiary/aromatic N) is 1. The summed E-state index contributed by atoms with van der Waals surface area (Å²) in [5.41, 5.74) is 5.71.